The van der Waals surface area contributed by atoms with Gasteiger partial charge in [0.1, 0.15) is 0 Å². The number of alkyl halides is 1. The Labute approximate surface area is 73.9 Å². The SMILES string of the molecule is CCOC(=O)C(O)(Cl)CC(=O)O. The van der Waals surface area contributed by atoms with E-state index in [4.69, 9.17) is 21.8 Å². The van der Waals surface area contributed by atoms with E-state index in [0.29, 0.717) is 0 Å². The van der Waals surface area contributed by atoms with Crippen molar-refractivity contribution in [3.8, 4) is 0 Å². The van der Waals surface area contributed by atoms with Gasteiger partial charge in [0.25, 0.3) is 0 Å². The molecule has 0 fully saturated rings. The summed E-state index contributed by atoms with van der Waals surface area (Å²) >= 11 is 5.16. The Hall–Kier alpha value is -0.810. The van der Waals surface area contributed by atoms with Gasteiger partial charge in [0.15, 0.2) is 0 Å². The van der Waals surface area contributed by atoms with E-state index in [1.54, 1.807) is 0 Å². The van der Waals surface area contributed by atoms with Gasteiger partial charge in [-0.1, -0.05) is 11.6 Å². The van der Waals surface area contributed by atoms with Crippen LogP contribution in [0.25, 0.3) is 0 Å². The van der Waals surface area contributed by atoms with E-state index in [1.165, 1.54) is 6.92 Å². The van der Waals surface area contributed by atoms with Crippen molar-refractivity contribution >= 4 is 23.5 Å². The zero-order valence-electron chi connectivity index (χ0n) is 6.41. The molecule has 70 valence electrons. The van der Waals surface area contributed by atoms with Gasteiger partial charge in [-0.2, -0.15) is 0 Å². The number of hydrogen-bond acceptors (Lipinski definition) is 4. The normalized spacial score (nSPS) is 14.9. The third kappa shape index (κ3) is 3.54. The maximum atomic E-state index is 10.7. The zero-order chi connectivity index (χ0) is 9.78. The third-order valence-electron chi connectivity index (χ3n) is 0.974. The molecule has 0 radical (unpaired) electrons. The van der Waals surface area contributed by atoms with Crippen LogP contribution in [-0.2, 0) is 14.3 Å². The number of carboxylic acid groups (broad SMARTS) is 1. The first-order chi connectivity index (χ1) is 5.40. The van der Waals surface area contributed by atoms with Crippen molar-refractivity contribution in [2.24, 2.45) is 0 Å². The van der Waals surface area contributed by atoms with E-state index >= 15 is 0 Å². The molecule has 5 nitrogen and oxygen atoms in total. The maximum absolute atomic E-state index is 10.7. The smallest absolute Gasteiger partial charge is 0.354 e. The minimum absolute atomic E-state index is 0.0352. The van der Waals surface area contributed by atoms with E-state index in [2.05, 4.69) is 4.74 Å². The van der Waals surface area contributed by atoms with E-state index in [9.17, 15) is 9.59 Å². The number of aliphatic carboxylic acids is 1. The minimum Gasteiger partial charge on any atom is -0.481 e. The lowest BCUT2D eigenvalue weighted by Crippen LogP contribution is -2.36. The van der Waals surface area contributed by atoms with Crippen LogP contribution in [0.2, 0.25) is 0 Å². The van der Waals surface area contributed by atoms with Crippen LogP contribution in [0, 0.1) is 0 Å². The van der Waals surface area contributed by atoms with Gasteiger partial charge in [-0.25, -0.2) is 4.79 Å². The summed E-state index contributed by atoms with van der Waals surface area (Å²) in [6, 6.07) is 0. The molecule has 1 unspecified atom stereocenters. The van der Waals surface area contributed by atoms with Crippen LogP contribution in [0.3, 0.4) is 0 Å². The molecule has 0 aliphatic carbocycles. The minimum atomic E-state index is -2.46. The highest BCUT2D eigenvalue weighted by molar-refractivity contribution is 6.33. The van der Waals surface area contributed by atoms with Crippen LogP contribution in [-0.4, -0.2) is 33.8 Å². The van der Waals surface area contributed by atoms with E-state index < -0.39 is 23.4 Å². The Morgan fingerprint density at radius 1 is 1.58 bits per heavy atom. The van der Waals surface area contributed by atoms with Gasteiger partial charge in [-0.15, -0.1) is 0 Å². The molecular weight excluding hydrogens is 188 g/mol. The van der Waals surface area contributed by atoms with Crippen molar-refractivity contribution in [3.63, 3.8) is 0 Å². The van der Waals surface area contributed by atoms with E-state index in [1.807, 2.05) is 0 Å². The molecule has 0 aliphatic heterocycles. The van der Waals surface area contributed by atoms with E-state index in [0.717, 1.165) is 0 Å². The van der Waals surface area contributed by atoms with Gasteiger partial charge >= 0.3 is 11.9 Å². The monoisotopic (exact) mass is 196 g/mol. The number of carboxylic acids is 1. The molecule has 2 N–H and O–H groups in total. The highest BCUT2D eigenvalue weighted by Crippen LogP contribution is 2.17. The zero-order valence-corrected chi connectivity index (χ0v) is 7.17. The molecule has 6 heteroatoms. The van der Waals surface area contributed by atoms with Crippen molar-refractivity contribution in [1.82, 2.24) is 0 Å². The first-order valence-corrected chi connectivity index (χ1v) is 3.58. The van der Waals surface area contributed by atoms with Crippen molar-refractivity contribution in [2.75, 3.05) is 6.61 Å². The number of hydrogen-bond donors (Lipinski definition) is 2. The molecule has 0 rings (SSSR count). The Kier molecular flexibility index (Phi) is 3.99. The summed E-state index contributed by atoms with van der Waals surface area (Å²) in [5.74, 6) is -2.52. The second-order valence-electron chi connectivity index (χ2n) is 2.05. The molecule has 0 saturated carbocycles. The summed E-state index contributed by atoms with van der Waals surface area (Å²) in [5, 5.41) is 14.8. The molecule has 0 aliphatic rings. The number of carbonyl (C=O) groups excluding carboxylic acids is 1. The Morgan fingerprint density at radius 2 is 2.08 bits per heavy atom. The molecular formula is C6H9ClO5. The molecule has 0 aromatic heterocycles. The molecule has 0 bridgehead atoms. The van der Waals surface area contributed by atoms with Crippen LogP contribution in [0.4, 0.5) is 0 Å². The van der Waals surface area contributed by atoms with Gasteiger partial charge < -0.3 is 14.9 Å². The highest BCUT2D eigenvalue weighted by Gasteiger charge is 2.37. The van der Waals surface area contributed by atoms with Crippen molar-refractivity contribution in [3.05, 3.63) is 0 Å². The van der Waals surface area contributed by atoms with Gasteiger partial charge in [-0.3, -0.25) is 4.79 Å². The second-order valence-corrected chi connectivity index (χ2v) is 2.68. The molecule has 0 aromatic rings. The number of halogens is 1. The molecule has 0 amide bonds. The van der Waals surface area contributed by atoms with Crippen molar-refractivity contribution in [1.29, 1.82) is 0 Å². The Bertz CT molecular complexity index is 188. The molecule has 0 aromatic carbocycles. The first-order valence-electron chi connectivity index (χ1n) is 3.20. The van der Waals surface area contributed by atoms with Gasteiger partial charge in [0.05, 0.1) is 13.0 Å². The predicted octanol–water partition coefficient (Wildman–Crippen LogP) is -0.0484. The maximum Gasteiger partial charge on any atom is 0.354 e. The summed E-state index contributed by atoms with van der Waals surface area (Å²) in [6.45, 7) is 1.55. The average molecular weight is 197 g/mol. The predicted molar refractivity (Wildman–Crippen MR) is 39.7 cm³/mol. The molecule has 12 heavy (non-hydrogen) atoms. The third-order valence-corrected chi connectivity index (χ3v) is 1.26. The van der Waals surface area contributed by atoms with Crippen LogP contribution in [0.5, 0.6) is 0 Å². The number of ether oxygens (including phenoxy) is 1. The molecule has 0 saturated heterocycles. The lowest BCUT2D eigenvalue weighted by Gasteiger charge is -2.15. The number of esters is 1. The van der Waals surface area contributed by atoms with Crippen LogP contribution >= 0.6 is 11.6 Å². The average Bonchev–Trinajstić information content (AvgIpc) is 1.85. The summed E-state index contributed by atoms with van der Waals surface area (Å²) in [6.07, 6.45) is -0.882. The quantitative estimate of drug-likeness (QED) is 0.487. The summed E-state index contributed by atoms with van der Waals surface area (Å²) in [4.78, 5) is 20.8. The van der Waals surface area contributed by atoms with Crippen molar-refractivity contribution < 1.29 is 24.5 Å². The Balaban J connectivity index is 4.18. The van der Waals surface area contributed by atoms with Crippen LogP contribution < -0.4 is 0 Å². The van der Waals surface area contributed by atoms with Crippen LogP contribution in [0.15, 0.2) is 0 Å². The van der Waals surface area contributed by atoms with Gasteiger partial charge in [0, 0.05) is 0 Å². The Morgan fingerprint density at radius 3 is 2.42 bits per heavy atom. The fourth-order valence-corrected chi connectivity index (χ4v) is 0.683. The van der Waals surface area contributed by atoms with Gasteiger partial charge in [0.2, 0.25) is 5.06 Å². The summed E-state index contributed by atoms with van der Waals surface area (Å²) in [7, 11) is 0. The highest BCUT2D eigenvalue weighted by atomic mass is 35.5. The van der Waals surface area contributed by atoms with Crippen molar-refractivity contribution in [2.45, 2.75) is 18.4 Å². The fourth-order valence-electron chi connectivity index (χ4n) is 0.514. The second kappa shape index (κ2) is 4.27. The van der Waals surface area contributed by atoms with E-state index in [-0.39, 0.29) is 6.61 Å². The number of rotatable bonds is 4. The van der Waals surface area contributed by atoms with Gasteiger partial charge in [-0.05, 0) is 6.92 Å². The number of aliphatic hydroxyl groups is 1. The largest absolute Gasteiger partial charge is 0.481 e. The molecule has 0 heterocycles. The molecule has 0 spiro atoms. The standard InChI is InChI=1S/C6H9ClO5/c1-2-12-5(10)6(7,11)3-4(8)9/h11H,2-3H2,1H3,(H,8,9). The summed E-state index contributed by atoms with van der Waals surface area (Å²) in [5.41, 5.74) is 0. The summed E-state index contributed by atoms with van der Waals surface area (Å²) < 4.78 is 4.32. The van der Waals surface area contributed by atoms with Crippen LogP contribution in [0.1, 0.15) is 13.3 Å². The fraction of sp³-hybridized carbons (Fsp3) is 0.667. The topological polar surface area (TPSA) is 83.8 Å². The molecule has 1 atom stereocenters. The number of carbonyl (C=O) groups is 2. The first kappa shape index (κ1) is 11.2. The lowest BCUT2D eigenvalue weighted by molar-refractivity contribution is -0.161. The lowest BCUT2D eigenvalue weighted by atomic mass is 10.2.